The van der Waals surface area contributed by atoms with E-state index in [1.54, 1.807) is 0 Å². The van der Waals surface area contributed by atoms with Gasteiger partial charge in [0.2, 0.25) is 0 Å². The molecule has 0 amide bonds. The summed E-state index contributed by atoms with van der Waals surface area (Å²) in [6, 6.07) is 5.03. The third-order valence-corrected chi connectivity index (χ3v) is 3.59. The van der Waals surface area contributed by atoms with Crippen LogP contribution in [0, 0.1) is 5.82 Å². The Bertz CT molecular complexity index is 498. The lowest BCUT2D eigenvalue weighted by Crippen LogP contribution is -2.37. The maximum Gasteiger partial charge on any atom is 0.511 e. The van der Waals surface area contributed by atoms with E-state index in [1.165, 1.54) is 18.2 Å². The van der Waals surface area contributed by atoms with Crippen LogP contribution in [0.2, 0.25) is 0 Å². The van der Waals surface area contributed by atoms with Gasteiger partial charge in [0.05, 0.1) is 0 Å². The van der Waals surface area contributed by atoms with Crippen molar-refractivity contribution in [2.45, 2.75) is 12.1 Å². The van der Waals surface area contributed by atoms with E-state index < -0.39 is 27.9 Å². The highest BCUT2D eigenvalue weighted by Gasteiger charge is 2.48. The first kappa shape index (κ1) is 13.9. The van der Waals surface area contributed by atoms with Gasteiger partial charge in [0.25, 0.3) is 0 Å². The first-order chi connectivity index (χ1) is 7.66. The molecule has 0 fully saturated rings. The van der Waals surface area contributed by atoms with Crippen molar-refractivity contribution in [3.8, 4) is 0 Å². The number of hydrogen-bond acceptors (Lipinski definition) is 2. The van der Waals surface area contributed by atoms with Crippen LogP contribution in [0.25, 0.3) is 0 Å². The molecule has 1 aromatic rings. The molecule has 0 atom stereocenters. The summed E-state index contributed by atoms with van der Waals surface area (Å²) in [6.07, 6.45) is 0. The fourth-order valence-corrected chi connectivity index (χ4v) is 1.79. The number of benzene rings is 1. The van der Waals surface area contributed by atoms with E-state index in [-0.39, 0.29) is 9.87 Å². The van der Waals surface area contributed by atoms with Gasteiger partial charge in [0.15, 0.2) is 0 Å². The quantitative estimate of drug-likeness (QED) is 0.790. The lowest BCUT2D eigenvalue weighted by atomic mass is 10.2. The average molecular weight is 271 g/mol. The monoisotopic (exact) mass is 271 g/mol. The molecule has 0 radical (unpaired) electrons. The molecule has 96 valence electrons. The van der Waals surface area contributed by atoms with Crippen LogP contribution in [0.1, 0.15) is 5.56 Å². The lowest BCUT2D eigenvalue weighted by molar-refractivity contribution is -0.0484. The van der Waals surface area contributed by atoms with Crippen LogP contribution in [0.3, 0.4) is 0 Å². The zero-order valence-electron chi connectivity index (χ0n) is 8.70. The van der Waals surface area contributed by atoms with E-state index in [1.807, 2.05) is 0 Å². The van der Waals surface area contributed by atoms with E-state index in [0.717, 1.165) is 13.1 Å². The molecular weight excluding hydrogens is 262 g/mol. The summed E-state index contributed by atoms with van der Waals surface area (Å²) in [7, 11) is -4.68. The normalized spacial score (nSPS) is 13.1. The van der Waals surface area contributed by atoms with Crippen LogP contribution in [-0.4, -0.2) is 25.3 Å². The Labute approximate surface area is 95.7 Å². The van der Waals surface area contributed by atoms with Crippen LogP contribution in [0.15, 0.2) is 24.3 Å². The van der Waals surface area contributed by atoms with Gasteiger partial charge in [-0.15, -0.1) is 0 Å². The van der Waals surface area contributed by atoms with Gasteiger partial charge in [0.1, 0.15) is 5.82 Å². The summed E-state index contributed by atoms with van der Waals surface area (Å²) >= 11 is 0. The number of alkyl halides is 3. The van der Waals surface area contributed by atoms with Crippen molar-refractivity contribution >= 4 is 10.0 Å². The highest BCUT2D eigenvalue weighted by atomic mass is 32.2. The number of rotatable bonds is 3. The molecule has 8 heteroatoms. The number of nitrogens with zero attached hydrogens (tertiary/aromatic N) is 1. The minimum absolute atomic E-state index is 0.0609. The molecule has 0 unspecified atom stereocenters. The second-order valence-corrected chi connectivity index (χ2v) is 5.33. The Morgan fingerprint density at radius 3 is 2.24 bits per heavy atom. The standard InChI is InChI=1S/C9H9F4NO2S/c1-14(17(15,16)9(11,12)13)6-7-4-2-3-5-8(7)10/h2-5H,6H2,1H3. The average Bonchev–Trinajstić information content (AvgIpc) is 2.19. The Morgan fingerprint density at radius 2 is 1.76 bits per heavy atom. The Kier molecular flexibility index (Phi) is 3.78. The molecule has 0 aromatic heterocycles. The molecule has 0 saturated heterocycles. The van der Waals surface area contributed by atoms with E-state index in [4.69, 9.17) is 0 Å². The molecule has 0 spiro atoms. The van der Waals surface area contributed by atoms with Gasteiger partial charge in [0, 0.05) is 19.2 Å². The molecule has 0 heterocycles. The van der Waals surface area contributed by atoms with E-state index in [2.05, 4.69) is 0 Å². The van der Waals surface area contributed by atoms with Crippen molar-refractivity contribution in [1.29, 1.82) is 0 Å². The predicted octanol–water partition coefficient (Wildman–Crippen LogP) is 2.11. The number of sulfonamides is 1. The predicted molar refractivity (Wildman–Crippen MR) is 52.8 cm³/mol. The van der Waals surface area contributed by atoms with Gasteiger partial charge in [-0.1, -0.05) is 18.2 Å². The van der Waals surface area contributed by atoms with Crippen molar-refractivity contribution in [2.75, 3.05) is 7.05 Å². The molecular formula is C9H9F4NO2S. The smallest absolute Gasteiger partial charge is 0.207 e. The molecule has 0 aliphatic carbocycles. The van der Waals surface area contributed by atoms with Crippen molar-refractivity contribution in [1.82, 2.24) is 4.31 Å². The Morgan fingerprint density at radius 1 is 1.24 bits per heavy atom. The summed E-state index contributed by atoms with van der Waals surface area (Å²) in [5.41, 5.74) is -5.50. The number of hydrogen-bond donors (Lipinski definition) is 0. The molecule has 3 nitrogen and oxygen atoms in total. The molecule has 0 N–H and O–H groups in total. The molecule has 0 bridgehead atoms. The van der Waals surface area contributed by atoms with Crippen LogP contribution in [-0.2, 0) is 16.6 Å². The summed E-state index contributed by atoms with van der Waals surface area (Å²) in [5, 5.41) is 0. The van der Waals surface area contributed by atoms with Crippen molar-refractivity contribution in [3.05, 3.63) is 35.6 Å². The second kappa shape index (κ2) is 4.61. The zero-order valence-corrected chi connectivity index (χ0v) is 9.52. The van der Waals surface area contributed by atoms with Gasteiger partial charge in [-0.3, -0.25) is 0 Å². The Hall–Kier alpha value is -1.15. The summed E-state index contributed by atoms with van der Waals surface area (Å²) in [6.45, 7) is -0.672. The van der Waals surface area contributed by atoms with Gasteiger partial charge < -0.3 is 0 Å². The zero-order chi connectivity index (χ0) is 13.3. The summed E-state index contributed by atoms with van der Waals surface area (Å²) < 4.78 is 71.6. The van der Waals surface area contributed by atoms with Crippen molar-refractivity contribution in [3.63, 3.8) is 0 Å². The maximum absolute atomic E-state index is 13.1. The SMILES string of the molecule is CN(Cc1ccccc1F)S(=O)(=O)C(F)(F)F. The maximum atomic E-state index is 13.1. The van der Waals surface area contributed by atoms with Gasteiger partial charge in [-0.2, -0.15) is 17.5 Å². The molecule has 0 aliphatic heterocycles. The van der Waals surface area contributed by atoms with Crippen LogP contribution in [0.5, 0.6) is 0 Å². The number of halogens is 4. The van der Waals surface area contributed by atoms with Gasteiger partial charge in [-0.25, -0.2) is 12.8 Å². The Balaban J connectivity index is 2.95. The molecule has 0 aliphatic rings. The van der Waals surface area contributed by atoms with E-state index >= 15 is 0 Å². The third-order valence-electron chi connectivity index (χ3n) is 2.05. The third kappa shape index (κ3) is 2.95. The molecule has 1 rings (SSSR count). The minimum Gasteiger partial charge on any atom is -0.207 e. The van der Waals surface area contributed by atoms with Gasteiger partial charge in [-0.05, 0) is 6.07 Å². The fourth-order valence-electron chi connectivity index (χ4n) is 1.13. The van der Waals surface area contributed by atoms with Crippen molar-refractivity contribution in [2.24, 2.45) is 0 Å². The summed E-state index contributed by atoms with van der Waals surface area (Å²) in [4.78, 5) is 0. The molecule has 1 aromatic carbocycles. The van der Waals surface area contributed by atoms with Crippen LogP contribution in [0.4, 0.5) is 17.6 Å². The van der Waals surface area contributed by atoms with Crippen LogP contribution < -0.4 is 0 Å². The van der Waals surface area contributed by atoms with E-state index in [9.17, 15) is 26.0 Å². The fraction of sp³-hybridized carbons (Fsp3) is 0.333. The van der Waals surface area contributed by atoms with Crippen LogP contribution >= 0.6 is 0 Å². The lowest BCUT2D eigenvalue weighted by Gasteiger charge is -2.18. The molecule has 17 heavy (non-hydrogen) atoms. The van der Waals surface area contributed by atoms with E-state index in [0.29, 0.717) is 0 Å². The first-order valence-electron chi connectivity index (χ1n) is 4.42. The first-order valence-corrected chi connectivity index (χ1v) is 5.86. The molecule has 0 saturated carbocycles. The second-order valence-electron chi connectivity index (χ2n) is 3.30. The summed E-state index contributed by atoms with van der Waals surface area (Å²) in [5.74, 6) is -0.753. The minimum atomic E-state index is -5.42. The largest absolute Gasteiger partial charge is 0.511 e. The van der Waals surface area contributed by atoms with Gasteiger partial charge >= 0.3 is 15.5 Å². The highest BCUT2D eigenvalue weighted by Crippen LogP contribution is 2.27. The topological polar surface area (TPSA) is 37.4 Å². The van der Waals surface area contributed by atoms with Crippen molar-refractivity contribution < 1.29 is 26.0 Å². The highest BCUT2D eigenvalue weighted by molar-refractivity contribution is 7.89.